The normalized spacial score (nSPS) is 11.1. The first-order valence-corrected chi connectivity index (χ1v) is 11.1. The van der Waals surface area contributed by atoms with E-state index in [4.69, 9.17) is 9.47 Å². The molecule has 0 unspecified atom stereocenters. The number of benzene rings is 2. The van der Waals surface area contributed by atoms with Crippen LogP contribution in [0.5, 0.6) is 0 Å². The standard InChI is InChI=1S/C26H34N2O4/c1-5-6-7-8-9-17-27-26(30)28(2)23-12-10-11-22(19-23)21-15-13-20(14-16-21)18-24(31-3)25(29)32-4/h10-16,18-19H,5-9,17H2,1-4H3,(H,27,30)/b24-18-. The van der Waals surface area contributed by atoms with Crippen LogP contribution in [-0.4, -0.2) is 39.8 Å². The molecule has 1 N–H and O–H groups in total. The summed E-state index contributed by atoms with van der Waals surface area (Å²) in [6, 6.07) is 15.5. The van der Waals surface area contributed by atoms with Crippen LogP contribution in [0.15, 0.2) is 54.3 Å². The predicted molar refractivity (Wildman–Crippen MR) is 129 cm³/mol. The first-order chi connectivity index (χ1) is 15.5. The highest BCUT2D eigenvalue weighted by atomic mass is 16.6. The van der Waals surface area contributed by atoms with Gasteiger partial charge in [-0.3, -0.25) is 4.90 Å². The number of urea groups is 1. The van der Waals surface area contributed by atoms with E-state index in [1.54, 1.807) is 18.0 Å². The molecule has 0 bridgehead atoms. The Morgan fingerprint density at radius 1 is 0.938 bits per heavy atom. The summed E-state index contributed by atoms with van der Waals surface area (Å²) in [6.07, 6.45) is 7.45. The molecule has 2 aromatic carbocycles. The molecule has 2 rings (SSSR count). The van der Waals surface area contributed by atoms with Gasteiger partial charge in [0.1, 0.15) is 0 Å². The second-order valence-corrected chi connectivity index (χ2v) is 7.58. The van der Waals surface area contributed by atoms with E-state index in [1.165, 1.54) is 33.5 Å². The van der Waals surface area contributed by atoms with Crippen molar-refractivity contribution in [2.75, 3.05) is 32.7 Å². The summed E-state index contributed by atoms with van der Waals surface area (Å²) >= 11 is 0. The topological polar surface area (TPSA) is 67.9 Å². The van der Waals surface area contributed by atoms with Gasteiger partial charge in [-0.15, -0.1) is 0 Å². The van der Waals surface area contributed by atoms with Gasteiger partial charge >= 0.3 is 12.0 Å². The lowest BCUT2D eigenvalue weighted by Crippen LogP contribution is -2.37. The van der Waals surface area contributed by atoms with E-state index in [-0.39, 0.29) is 11.8 Å². The minimum Gasteiger partial charge on any atom is -0.490 e. The smallest absolute Gasteiger partial charge is 0.373 e. The lowest BCUT2D eigenvalue weighted by molar-refractivity contribution is -0.139. The van der Waals surface area contributed by atoms with Crippen LogP contribution in [0.3, 0.4) is 0 Å². The van der Waals surface area contributed by atoms with Gasteiger partial charge in [0.25, 0.3) is 0 Å². The van der Waals surface area contributed by atoms with Gasteiger partial charge in [0, 0.05) is 19.3 Å². The molecule has 0 radical (unpaired) electrons. The van der Waals surface area contributed by atoms with E-state index in [9.17, 15) is 9.59 Å². The summed E-state index contributed by atoms with van der Waals surface area (Å²) in [4.78, 5) is 25.8. The number of anilines is 1. The molecule has 0 saturated heterocycles. The van der Waals surface area contributed by atoms with Gasteiger partial charge in [-0.25, -0.2) is 9.59 Å². The Bertz CT molecular complexity index is 906. The fourth-order valence-electron chi connectivity index (χ4n) is 3.28. The second kappa shape index (κ2) is 13.2. The van der Waals surface area contributed by atoms with E-state index in [0.29, 0.717) is 6.54 Å². The van der Waals surface area contributed by atoms with E-state index in [0.717, 1.165) is 35.2 Å². The molecule has 172 valence electrons. The molecule has 0 atom stereocenters. The number of ether oxygens (including phenoxy) is 2. The summed E-state index contributed by atoms with van der Waals surface area (Å²) in [5.41, 5.74) is 3.65. The maximum atomic E-state index is 12.5. The highest BCUT2D eigenvalue weighted by molar-refractivity contribution is 5.92. The Hall–Kier alpha value is -3.28. The molecule has 6 heteroatoms. The Kier molecular flexibility index (Phi) is 10.3. The number of carbonyl (C=O) groups excluding carboxylic acids is 2. The zero-order chi connectivity index (χ0) is 23.3. The van der Waals surface area contributed by atoms with Gasteiger partial charge in [0.2, 0.25) is 5.76 Å². The Balaban J connectivity index is 2.03. The largest absolute Gasteiger partial charge is 0.490 e. The number of esters is 1. The zero-order valence-corrected chi connectivity index (χ0v) is 19.5. The SMILES string of the molecule is CCCCCCCNC(=O)N(C)c1cccc(-c2ccc(/C=C(\OC)C(=O)OC)cc2)c1. The minimum absolute atomic E-state index is 0.104. The van der Waals surface area contributed by atoms with Gasteiger partial charge < -0.3 is 14.8 Å². The quantitative estimate of drug-likeness (QED) is 0.214. The Morgan fingerprint density at radius 2 is 1.66 bits per heavy atom. The molecular weight excluding hydrogens is 404 g/mol. The molecule has 0 heterocycles. The molecule has 0 aliphatic carbocycles. The molecule has 0 saturated carbocycles. The molecule has 0 aliphatic rings. The molecule has 0 spiro atoms. The van der Waals surface area contributed by atoms with Crippen LogP contribution in [0.1, 0.15) is 44.6 Å². The molecular formula is C26H34N2O4. The molecule has 0 aromatic heterocycles. The average Bonchev–Trinajstić information content (AvgIpc) is 2.84. The van der Waals surface area contributed by atoms with Crippen LogP contribution >= 0.6 is 0 Å². The van der Waals surface area contributed by atoms with Crippen LogP contribution in [0.4, 0.5) is 10.5 Å². The highest BCUT2D eigenvalue weighted by Crippen LogP contribution is 2.25. The molecule has 2 amide bonds. The van der Waals surface area contributed by atoms with Crippen LogP contribution < -0.4 is 10.2 Å². The van der Waals surface area contributed by atoms with Crippen molar-refractivity contribution in [3.8, 4) is 11.1 Å². The summed E-state index contributed by atoms with van der Waals surface area (Å²) < 4.78 is 9.78. The third-order valence-corrected chi connectivity index (χ3v) is 5.24. The van der Waals surface area contributed by atoms with Crippen molar-refractivity contribution in [1.29, 1.82) is 0 Å². The van der Waals surface area contributed by atoms with Crippen molar-refractivity contribution in [2.24, 2.45) is 0 Å². The van der Waals surface area contributed by atoms with Crippen molar-refractivity contribution in [3.63, 3.8) is 0 Å². The Labute approximate surface area is 191 Å². The number of hydrogen-bond acceptors (Lipinski definition) is 4. The lowest BCUT2D eigenvalue weighted by atomic mass is 10.0. The third kappa shape index (κ3) is 7.45. The van der Waals surface area contributed by atoms with Gasteiger partial charge in [0.15, 0.2) is 0 Å². The number of rotatable bonds is 11. The van der Waals surface area contributed by atoms with Crippen molar-refractivity contribution in [3.05, 3.63) is 59.9 Å². The van der Waals surface area contributed by atoms with Gasteiger partial charge in [-0.1, -0.05) is 69.0 Å². The number of nitrogens with zero attached hydrogens (tertiary/aromatic N) is 1. The third-order valence-electron chi connectivity index (χ3n) is 5.24. The minimum atomic E-state index is -0.522. The number of nitrogens with one attached hydrogen (secondary N) is 1. The van der Waals surface area contributed by atoms with Crippen LogP contribution in [0.25, 0.3) is 17.2 Å². The highest BCUT2D eigenvalue weighted by Gasteiger charge is 2.12. The average molecular weight is 439 g/mol. The van der Waals surface area contributed by atoms with Crippen molar-refractivity contribution in [1.82, 2.24) is 5.32 Å². The fourth-order valence-corrected chi connectivity index (χ4v) is 3.28. The molecule has 6 nitrogen and oxygen atoms in total. The molecule has 32 heavy (non-hydrogen) atoms. The van der Waals surface area contributed by atoms with Crippen LogP contribution in [-0.2, 0) is 14.3 Å². The van der Waals surface area contributed by atoms with Gasteiger partial charge in [-0.05, 0) is 41.3 Å². The number of methoxy groups -OCH3 is 2. The van der Waals surface area contributed by atoms with E-state index < -0.39 is 5.97 Å². The lowest BCUT2D eigenvalue weighted by Gasteiger charge is -2.19. The molecule has 0 aliphatic heterocycles. The van der Waals surface area contributed by atoms with Crippen molar-refractivity contribution in [2.45, 2.75) is 39.0 Å². The van der Waals surface area contributed by atoms with Crippen molar-refractivity contribution < 1.29 is 19.1 Å². The number of amides is 2. The van der Waals surface area contributed by atoms with E-state index in [1.807, 2.05) is 48.5 Å². The number of hydrogen-bond donors (Lipinski definition) is 1. The monoisotopic (exact) mass is 438 g/mol. The summed E-state index contributed by atoms with van der Waals surface area (Å²) in [6.45, 7) is 2.88. The molecule has 2 aromatic rings. The second-order valence-electron chi connectivity index (χ2n) is 7.58. The first-order valence-electron chi connectivity index (χ1n) is 11.1. The van der Waals surface area contributed by atoms with Crippen LogP contribution in [0.2, 0.25) is 0 Å². The summed E-state index contributed by atoms with van der Waals surface area (Å²) in [5.74, 6) is -0.383. The van der Waals surface area contributed by atoms with E-state index in [2.05, 4.69) is 12.2 Å². The zero-order valence-electron chi connectivity index (χ0n) is 19.5. The summed E-state index contributed by atoms with van der Waals surface area (Å²) in [7, 11) is 4.52. The predicted octanol–water partition coefficient (Wildman–Crippen LogP) is 5.63. The molecule has 0 fully saturated rings. The van der Waals surface area contributed by atoms with Gasteiger partial charge in [-0.2, -0.15) is 0 Å². The first kappa shape index (κ1) is 25.0. The van der Waals surface area contributed by atoms with E-state index >= 15 is 0 Å². The number of unbranched alkanes of at least 4 members (excludes halogenated alkanes) is 4. The fraction of sp³-hybridized carbons (Fsp3) is 0.385. The van der Waals surface area contributed by atoms with Crippen LogP contribution in [0, 0.1) is 0 Å². The Morgan fingerprint density at radius 3 is 2.31 bits per heavy atom. The maximum absolute atomic E-state index is 12.5. The maximum Gasteiger partial charge on any atom is 0.373 e. The van der Waals surface area contributed by atoms with Gasteiger partial charge in [0.05, 0.1) is 14.2 Å². The summed E-state index contributed by atoms with van der Waals surface area (Å²) in [5, 5.41) is 2.99. The number of carbonyl (C=O) groups is 2. The van der Waals surface area contributed by atoms with Crippen molar-refractivity contribution >= 4 is 23.8 Å².